The number of rotatable bonds is 5. The molecule has 4 aromatic rings. The summed E-state index contributed by atoms with van der Waals surface area (Å²) < 4.78 is 17.6. The van der Waals surface area contributed by atoms with Crippen LogP contribution in [0.3, 0.4) is 0 Å². The fourth-order valence-corrected chi connectivity index (χ4v) is 3.81. The molecule has 1 N–H and O–H groups in total. The molecule has 1 amide bonds. The molecule has 2 heterocycles. The molecular weight excluding hydrogens is 378 g/mol. The molecule has 0 saturated heterocycles. The van der Waals surface area contributed by atoms with E-state index in [1.54, 1.807) is 0 Å². The van der Waals surface area contributed by atoms with Crippen molar-refractivity contribution in [3.05, 3.63) is 95.7 Å². The highest BCUT2D eigenvalue weighted by atomic mass is 16.5. The van der Waals surface area contributed by atoms with Gasteiger partial charge in [0.15, 0.2) is 5.76 Å². The third kappa shape index (κ3) is 3.50. The summed E-state index contributed by atoms with van der Waals surface area (Å²) in [6.07, 6.45) is 0.707. The Hall–Kier alpha value is -3.73. The molecule has 0 saturated carbocycles. The minimum absolute atomic E-state index is 0.126. The van der Waals surface area contributed by atoms with E-state index in [1.807, 2.05) is 78.9 Å². The lowest BCUT2D eigenvalue weighted by molar-refractivity contribution is 0.0895. The second-order valence-corrected chi connectivity index (χ2v) is 7.21. The quantitative estimate of drug-likeness (QED) is 0.497. The van der Waals surface area contributed by atoms with Gasteiger partial charge in [-0.3, -0.25) is 4.79 Å². The number of carbonyl (C=O) groups excluding carboxylic acids is 1. The largest absolute Gasteiger partial charge is 0.493 e. The van der Waals surface area contributed by atoms with Crippen molar-refractivity contribution in [2.75, 3.05) is 6.61 Å². The molecule has 1 unspecified atom stereocenters. The summed E-state index contributed by atoms with van der Waals surface area (Å²) in [6.45, 7) is 0.806. The summed E-state index contributed by atoms with van der Waals surface area (Å²) in [5.74, 6) is 1.59. The van der Waals surface area contributed by atoms with E-state index in [-0.39, 0.29) is 24.3 Å². The molecule has 1 aliphatic rings. The van der Waals surface area contributed by atoms with Gasteiger partial charge in [-0.25, -0.2) is 0 Å². The predicted molar refractivity (Wildman–Crippen MR) is 114 cm³/mol. The van der Waals surface area contributed by atoms with E-state index in [0.29, 0.717) is 18.6 Å². The monoisotopic (exact) mass is 399 g/mol. The topological polar surface area (TPSA) is 60.7 Å². The molecule has 0 spiro atoms. The van der Waals surface area contributed by atoms with Crippen molar-refractivity contribution in [1.29, 1.82) is 0 Å². The lowest BCUT2D eigenvalue weighted by Gasteiger charge is -2.26. The van der Waals surface area contributed by atoms with Gasteiger partial charge in [-0.1, -0.05) is 54.6 Å². The molecular formula is C25H21NO4. The number of fused-ring (bicyclic) bond motifs is 2. The molecule has 5 heteroatoms. The Bertz CT molecular complexity index is 1180. The van der Waals surface area contributed by atoms with Crippen LogP contribution in [0.15, 0.2) is 83.3 Å². The first-order valence-corrected chi connectivity index (χ1v) is 10.0. The third-order valence-corrected chi connectivity index (χ3v) is 5.29. The van der Waals surface area contributed by atoms with Crippen LogP contribution in [-0.2, 0) is 6.61 Å². The van der Waals surface area contributed by atoms with Crippen molar-refractivity contribution in [3.63, 3.8) is 0 Å². The lowest BCUT2D eigenvalue weighted by atomic mass is 10.0. The normalized spacial score (nSPS) is 15.3. The molecule has 150 valence electrons. The maximum absolute atomic E-state index is 13.2. The maximum atomic E-state index is 13.2. The molecule has 1 aromatic heterocycles. The van der Waals surface area contributed by atoms with Crippen LogP contribution in [0.5, 0.6) is 11.5 Å². The lowest BCUT2D eigenvalue weighted by Crippen LogP contribution is -2.32. The summed E-state index contributed by atoms with van der Waals surface area (Å²) in [4.78, 5) is 13.2. The Morgan fingerprint density at radius 2 is 1.73 bits per heavy atom. The maximum Gasteiger partial charge on any atom is 0.287 e. The average Bonchev–Trinajstić information content (AvgIpc) is 3.17. The van der Waals surface area contributed by atoms with Crippen LogP contribution in [-0.4, -0.2) is 12.5 Å². The van der Waals surface area contributed by atoms with Gasteiger partial charge in [0.25, 0.3) is 5.91 Å². The van der Waals surface area contributed by atoms with Gasteiger partial charge in [-0.2, -0.15) is 0 Å². The van der Waals surface area contributed by atoms with E-state index in [1.165, 1.54) is 0 Å². The molecule has 3 aromatic carbocycles. The summed E-state index contributed by atoms with van der Waals surface area (Å²) in [7, 11) is 0. The van der Waals surface area contributed by atoms with Gasteiger partial charge in [0.1, 0.15) is 23.7 Å². The van der Waals surface area contributed by atoms with Gasteiger partial charge in [0.2, 0.25) is 0 Å². The van der Waals surface area contributed by atoms with E-state index in [0.717, 1.165) is 28.0 Å². The summed E-state index contributed by atoms with van der Waals surface area (Å²) in [6, 6.07) is 24.8. The fourth-order valence-electron chi connectivity index (χ4n) is 3.81. The average molecular weight is 399 g/mol. The van der Waals surface area contributed by atoms with Crippen molar-refractivity contribution in [2.24, 2.45) is 0 Å². The van der Waals surface area contributed by atoms with Crippen LogP contribution in [0.1, 0.15) is 34.1 Å². The first kappa shape index (κ1) is 18.3. The number of amides is 1. The number of hydrogen-bond donors (Lipinski definition) is 1. The molecule has 0 fully saturated rings. The van der Waals surface area contributed by atoms with Crippen molar-refractivity contribution in [2.45, 2.75) is 19.1 Å². The molecule has 30 heavy (non-hydrogen) atoms. The third-order valence-electron chi connectivity index (χ3n) is 5.29. The highest BCUT2D eigenvalue weighted by molar-refractivity contribution is 5.99. The fraction of sp³-hybridized carbons (Fsp3) is 0.160. The van der Waals surface area contributed by atoms with Crippen LogP contribution in [0, 0.1) is 0 Å². The predicted octanol–water partition coefficient (Wildman–Crippen LogP) is 5.27. The number of carbonyl (C=O) groups is 1. The Labute approximate surface area is 174 Å². The van der Waals surface area contributed by atoms with Crippen molar-refractivity contribution < 1.29 is 18.7 Å². The Morgan fingerprint density at radius 3 is 2.63 bits per heavy atom. The Kier molecular flexibility index (Phi) is 4.85. The minimum Gasteiger partial charge on any atom is -0.493 e. The van der Waals surface area contributed by atoms with Crippen molar-refractivity contribution in [3.8, 4) is 11.5 Å². The summed E-state index contributed by atoms with van der Waals surface area (Å²) >= 11 is 0. The highest BCUT2D eigenvalue weighted by Gasteiger charge is 2.27. The number of furan rings is 1. The molecule has 0 bridgehead atoms. The zero-order chi connectivity index (χ0) is 20.3. The van der Waals surface area contributed by atoms with E-state index < -0.39 is 0 Å². The first-order valence-electron chi connectivity index (χ1n) is 10.0. The van der Waals surface area contributed by atoms with Crippen LogP contribution in [0.25, 0.3) is 11.0 Å². The molecule has 0 aliphatic carbocycles. The van der Waals surface area contributed by atoms with E-state index >= 15 is 0 Å². The molecule has 1 atom stereocenters. The minimum atomic E-state index is -0.250. The van der Waals surface area contributed by atoms with Gasteiger partial charge < -0.3 is 19.2 Å². The number of ether oxygens (including phenoxy) is 2. The SMILES string of the molecule is O=C(NC1CCOc2ccccc21)c1oc2ccccc2c1COc1ccccc1. The van der Waals surface area contributed by atoms with Gasteiger partial charge in [-0.15, -0.1) is 0 Å². The van der Waals surface area contributed by atoms with E-state index in [4.69, 9.17) is 13.9 Å². The number of para-hydroxylation sites is 3. The van der Waals surface area contributed by atoms with Crippen molar-refractivity contribution >= 4 is 16.9 Å². The summed E-state index contributed by atoms with van der Waals surface area (Å²) in [5.41, 5.74) is 2.39. The molecule has 1 aliphatic heterocycles. The first-order chi connectivity index (χ1) is 14.8. The van der Waals surface area contributed by atoms with Gasteiger partial charge >= 0.3 is 0 Å². The van der Waals surface area contributed by atoms with E-state index in [9.17, 15) is 4.79 Å². The van der Waals surface area contributed by atoms with Crippen LogP contribution >= 0.6 is 0 Å². The second-order valence-electron chi connectivity index (χ2n) is 7.21. The smallest absolute Gasteiger partial charge is 0.287 e. The van der Waals surface area contributed by atoms with Crippen LogP contribution in [0.2, 0.25) is 0 Å². The van der Waals surface area contributed by atoms with Gasteiger partial charge in [0.05, 0.1) is 12.6 Å². The Morgan fingerprint density at radius 1 is 0.967 bits per heavy atom. The van der Waals surface area contributed by atoms with E-state index in [2.05, 4.69) is 5.32 Å². The van der Waals surface area contributed by atoms with Crippen molar-refractivity contribution in [1.82, 2.24) is 5.32 Å². The second kappa shape index (κ2) is 7.95. The standard InChI is InChI=1S/C25H21NO4/c27-25(26-21-14-15-28-22-12-6-5-11-19(21)22)24-20(16-29-17-8-2-1-3-9-17)18-10-4-7-13-23(18)30-24/h1-13,21H,14-16H2,(H,26,27). The number of nitrogens with one attached hydrogen (secondary N) is 1. The highest BCUT2D eigenvalue weighted by Crippen LogP contribution is 2.33. The Balaban J connectivity index is 1.44. The number of benzene rings is 3. The number of hydrogen-bond acceptors (Lipinski definition) is 4. The van der Waals surface area contributed by atoms with Gasteiger partial charge in [0, 0.05) is 22.9 Å². The molecule has 0 radical (unpaired) electrons. The molecule has 5 nitrogen and oxygen atoms in total. The molecule has 5 rings (SSSR count). The van der Waals surface area contributed by atoms with Crippen LogP contribution < -0.4 is 14.8 Å². The van der Waals surface area contributed by atoms with Crippen LogP contribution in [0.4, 0.5) is 0 Å². The zero-order valence-electron chi connectivity index (χ0n) is 16.3. The summed E-state index contributed by atoms with van der Waals surface area (Å²) in [5, 5.41) is 4.00. The zero-order valence-corrected chi connectivity index (χ0v) is 16.3. The van der Waals surface area contributed by atoms with Gasteiger partial charge in [-0.05, 0) is 24.3 Å².